The van der Waals surface area contributed by atoms with E-state index in [4.69, 9.17) is 0 Å². The van der Waals surface area contributed by atoms with Crippen LogP contribution in [-0.2, 0) is 4.79 Å². The highest BCUT2D eigenvalue weighted by atomic mass is 19.1. The molecule has 1 saturated carbocycles. The number of carbonyl (C=O) groups excluding carboxylic acids is 2. The van der Waals surface area contributed by atoms with Gasteiger partial charge < -0.3 is 20.4 Å². The van der Waals surface area contributed by atoms with E-state index in [1.54, 1.807) is 24.0 Å². The molecule has 2 heterocycles. The molecule has 1 unspecified atom stereocenters. The number of amides is 2. The van der Waals surface area contributed by atoms with Gasteiger partial charge in [0.15, 0.2) is 0 Å². The molecule has 43 heavy (non-hydrogen) atoms. The molecule has 228 valence electrons. The summed E-state index contributed by atoms with van der Waals surface area (Å²) < 4.78 is 15.0. The van der Waals surface area contributed by atoms with E-state index in [-0.39, 0.29) is 29.3 Å². The van der Waals surface area contributed by atoms with Crippen molar-refractivity contribution in [3.05, 3.63) is 82.8 Å². The molecule has 4 aliphatic rings. The second-order valence-corrected chi connectivity index (χ2v) is 12.9. The zero-order valence-electron chi connectivity index (χ0n) is 25.6. The van der Waals surface area contributed by atoms with Gasteiger partial charge in [0, 0.05) is 48.7 Å². The Bertz CT molecular complexity index is 1390. The third-order valence-corrected chi connectivity index (χ3v) is 9.94. The summed E-state index contributed by atoms with van der Waals surface area (Å²) in [6.07, 6.45) is 15.9. The predicted octanol–water partition coefficient (Wildman–Crippen LogP) is 6.89. The van der Waals surface area contributed by atoms with Crippen molar-refractivity contribution in [1.82, 2.24) is 10.2 Å². The third-order valence-electron chi connectivity index (χ3n) is 9.94. The average molecular weight is 585 g/mol. The molecule has 2 N–H and O–H groups in total. The van der Waals surface area contributed by atoms with E-state index >= 15 is 4.39 Å². The molecule has 2 aromatic carbocycles. The fraction of sp³-hybridized carbons (Fsp3) is 0.500. The van der Waals surface area contributed by atoms with E-state index in [0.29, 0.717) is 31.0 Å². The number of carbonyl (C=O) groups is 2. The molecule has 2 amide bonds. The van der Waals surface area contributed by atoms with Crippen LogP contribution in [0.3, 0.4) is 0 Å². The van der Waals surface area contributed by atoms with Crippen LogP contribution in [-0.4, -0.2) is 48.4 Å². The highest BCUT2D eigenvalue weighted by Crippen LogP contribution is 2.37. The molecule has 3 atom stereocenters. The van der Waals surface area contributed by atoms with Crippen LogP contribution >= 0.6 is 0 Å². The number of hydrogen-bond acceptors (Lipinski definition) is 4. The molecule has 2 aromatic rings. The van der Waals surface area contributed by atoms with Crippen molar-refractivity contribution in [3.63, 3.8) is 0 Å². The van der Waals surface area contributed by atoms with E-state index in [2.05, 4.69) is 52.8 Å². The Morgan fingerprint density at radius 1 is 0.907 bits per heavy atom. The van der Waals surface area contributed by atoms with Gasteiger partial charge in [0.25, 0.3) is 5.91 Å². The first kappa shape index (κ1) is 29.5. The minimum atomic E-state index is -0.508. The Balaban J connectivity index is 1.27. The topological polar surface area (TPSA) is 64.7 Å². The number of nitrogens with one attached hydrogen (secondary N) is 2. The average Bonchev–Trinajstić information content (AvgIpc) is 3.73. The number of piperidine rings is 1. The maximum absolute atomic E-state index is 15.0. The fourth-order valence-electron chi connectivity index (χ4n) is 7.64. The van der Waals surface area contributed by atoms with E-state index < -0.39 is 11.7 Å². The molecule has 0 bridgehead atoms. The van der Waals surface area contributed by atoms with Crippen LogP contribution in [0.4, 0.5) is 15.8 Å². The molecule has 0 aromatic heterocycles. The number of benzene rings is 2. The van der Waals surface area contributed by atoms with Crippen LogP contribution in [0.5, 0.6) is 0 Å². The summed E-state index contributed by atoms with van der Waals surface area (Å²) in [7, 11) is 0. The maximum atomic E-state index is 15.0. The fourth-order valence-corrected chi connectivity index (χ4v) is 7.64. The van der Waals surface area contributed by atoms with Crippen molar-refractivity contribution >= 4 is 23.2 Å². The summed E-state index contributed by atoms with van der Waals surface area (Å²) in [6.45, 7) is 6.47. The van der Waals surface area contributed by atoms with Crippen LogP contribution < -0.4 is 15.5 Å². The first-order valence-corrected chi connectivity index (χ1v) is 16.3. The first-order valence-electron chi connectivity index (χ1n) is 16.3. The van der Waals surface area contributed by atoms with Crippen LogP contribution in [0.2, 0.25) is 0 Å². The first-order chi connectivity index (χ1) is 20.9. The van der Waals surface area contributed by atoms with E-state index in [9.17, 15) is 9.59 Å². The highest BCUT2D eigenvalue weighted by molar-refractivity contribution is 5.98. The van der Waals surface area contributed by atoms with Gasteiger partial charge in [-0.1, -0.05) is 43.2 Å². The molecule has 0 spiro atoms. The second kappa shape index (κ2) is 12.9. The number of anilines is 2. The summed E-state index contributed by atoms with van der Waals surface area (Å²) in [6, 6.07) is 11.0. The van der Waals surface area contributed by atoms with Crippen molar-refractivity contribution < 1.29 is 14.0 Å². The Morgan fingerprint density at radius 3 is 2.42 bits per heavy atom. The lowest BCUT2D eigenvalue weighted by Crippen LogP contribution is -2.55. The molecule has 7 heteroatoms. The van der Waals surface area contributed by atoms with Crippen LogP contribution in [0.1, 0.15) is 79.3 Å². The monoisotopic (exact) mass is 584 g/mol. The van der Waals surface area contributed by atoms with E-state index in [1.165, 1.54) is 55.8 Å². The molecule has 6 rings (SSSR count). The van der Waals surface area contributed by atoms with Gasteiger partial charge in [-0.3, -0.25) is 9.59 Å². The Kier molecular flexibility index (Phi) is 8.87. The quantitative estimate of drug-likeness (QED) is 0.372. The van der Waals surface area contributed by atoms with Crippen molar-refractivity contribution in [3.8, 4) is 0 Å². The Hall–Kier alpha value is -3.61. The lowest BCUT2D eigenvalue weighted by molar-refractivity contribution is -0.123. The van der Waals surface area contributed by atoms with Crippen molar-refractivity contribution in [2.75, 3.05) is 29.9 Å². The number of nitrogens with zero attached hydrogens (tertiary/aromatic N) is 2. The number of hydrogen-bond donors (Lipinski definition) is 2. The van der Waals surface area contributed by atoms with Crippen LogP contribution in [0.15, 0.2) is 60.3 Å². The van der Waals surface area contributed by atoms with Gasteiger partial charge in [-0.05, 0) is 94.2 Å². The largest absolute Gasteiger partial charge is 0.383 e. The van der Waals surface area contributed by atoms with Gasteiger partial charge in [-0.25, -0.2) is 4.39 Å². The molecular weight excluding hydrogens is 539 g/mol. The zero-order valence-corrected chi connectivity index (χ0v) is 25.6. The molecule has 2 saturated heterocycles. The van der Waals surface area contributed by atoms with Gasteiger partial charge in [0.1, 0.15) is 5.82 Å². The smallest absolute Gasteiger partial charge is 0.257 e. The summed E-state index contributed by atoms with van der Waals surface area (Å²) in [4.78, 5) is 32.3. The molecule has 6 nitrogen and oxygen atoms in total. The summed E-state index contributed by atoms with van der Waals surface area (Å²) >= 11 is 0. The molecule has 2 aliphatic carbocycles. The lowest BCUT2D eigenvalue weighted by atomic mass is 9.77. The van der Waals surface area contributed by atoms with Gasteiger partial charge in [0.05, 0.1) is 17.5 Å². The molecule has 0 radical (unpaired) electrons. The van der Waals surface area contributed by atoms with Crippen molar-refractivity contribution in [2.24, 2.45) is 11.8 Å². The van der Waals surface area contributed by atoms with Gasteiger partial charge in [0.2, 0.25) is 5.91 Å². The van der Waals surface area contributed by atoms with Crippen molar-refractivity contribution in [1.29, 1.82) is 0 Å². The van der Waals surface area contributed by atoms with Crippen molar-refractivity contribution in [2.45, 2.75) is 83.7 Å². The second-order valence-electron chi connectivity index (χ2n) is 12.9. The minimum Gasteiger partial charge on any atom is -0.383 e. The highest BCUT2D eigenvalue weighted by Gasteiger charge is 2.43. The number of halogens is 1. The number of likely N-dealkylation sites (tertiary alicyclic amines) is 1. The normalized spacial score (nSPS) is 24.3. The molecule has 2 aliphatic heterocycles. The zero-order chi connectivity index (χ0) is 29.9. The van der Waals surface area contributed by atoms with Crippen LogP contribution in [0.25, 0.3) is 0 Å². The molecular formula is C36H45FN4O2. The van der Waals surface area contributed by atoms with Gasteiger partial charge in [-0.2, -0.15) is 0 Å². The number of rotatable bonds is 7. The van der Waals surface area contributed by atoms with E-state index in [1.807, 2.05) is 6.07 Å². The minimum absolute atomic E-state index is 0.0422. The predicted molar refractivity (Wildman–Crippen MR) is 171 cm³/mol. The third kappa shape index (κ3) is 6.36. The van der Waals surface area contributed by atoms with Gasteiger partial charge >= 0.3 is 0 Å². The summed E-state index contributed by atoms with van der Waals surface area (Å²) in [5.41, 5.74) is 5.01. The maximum Gasteiger partial charge on any atom is 0.257 e. The number of aryl methyl sites for hydroxylation is 2. The SMILES string of the molecule is Cc1ccc(NC(=O)[C@H]2CCCN(C(=O)c3c(C)cccc3F)[C@H]2C2C=CC(NC3CCCC3)=CC2)cc1N1CCCC1. The van der Waals surface area contributed by atoms with Gasteiger partial charge in [-0.15, -0.1) is 0 Å². The Morgan fingerprint density at radius 2 is 1.70 bits per heavy atom. The van der Waals surface area contributed by atoms with E-state index in [0.717, 1.165) is 30.9 Å². The Labute approximate surface area is 255 Å². The summed E-state index contributed by atoms with van der Waals surface area (Å²) in [5.74, 6) is -1.35. The number of allylic oxidation sites excluding steroid dienone is 2. The molecule has 3 fully saturated rings. The lowest BCUT2D eigenvalue weighted by Gasteiger charge is -2.44. The standard InChI is InChI=1S/C36H45FN4O2/c1-24-14-17-29(23-32(24)40-20-5-6-21-40)39-35(42)30-12-8-22-41(36(43)33-25(2)9-7-13-31(33)37)34(30)26-15-18-28(19-16-26)38-27-10-3-4-11-27/h7,9,13-15,17-19,23,26-27,30,34,38H,3-6,8,10-12,16,20-22H2,1-2H3,(H,39,42)/t26?,30-,34-/m0/s1. The van der Waals surface area contributed by atoms with Crippen LogP contribution in [0, 0.1) is 31.5 Å². The summed E-state index contributed by atoms with van der Waals surface area (Å²) in [5, 5.41) is 6.90.